The van der Waals surface area contributed by atoms with Crippen molar-refractivity contribution in [3.63, 3.8) is 0 Å². The fourth-order valence-electron chi connectivity index (χ4n) is 7.70. The van der Waals surface area contributed by atoms with E-state index in [0.29, 0.717) is 0 Å². The van der Waals surface area contributed by atoms with Gasteiger partial charge < -0.3 is 13.3 Å². The van der Waals surface area contributed by atoms with Crippen LogP contribution in [0.25, 0.3) is 111 Å². The third kappa shape index (κ3) is 3.70. The van der Waals surface area contributed by atoms with Gasteiger partial charge >= 0.3 is 0 Å². The Balaban J connectivity index is 1.24. The minimum atomic E-state index is 0.784. The molecule has 3 heteroatoms. The van der Waals surface area contributed by atoms with Gasteiger partial charge in [-0.25, -0.2) is 0 Å². The molecule has 0 aliphatic rings. The summed E-state index contributed by atoms with van der Waals surface area (Å²) in [7, 11) is 0. The zero-order valence-corrected chi connectivity index (χ0v) is 26.2. The lowest BCUT2D eigenvalue weighted by molar-refractivity contribution is 0.603. The second-order valence-corrected chi connectivity index (χ2v) is 12.4. The lowest BCUT2D eigenvalue weighted by atomic mass is 9.85. The topological polar surface area (TPSA) is 39.4 Å². The number of hydrogen-bond acceptors (Lipinski definition) is 3. The summed E-state index contributed by atoms with van der Waals surface area (Å²) in [4.78, 5) is 0. The van der Waals surface area contributed by atoms with Crippen molar-refractivity contribution in [1.29, 1.82) is 0 Å². The summed E-state index contributed by atoms with van der Waals surface area (Å²) in [5.74, 6) is 0.827. The highest BCUT2D eigenvalue weighted by molar-refractivity contribution is 6.23. The van der Waals surface area contributed by atoms with Crippen molar-refractivity contribution in [2.24, 2.45) is 0 Å². The van der Waals surface area contributed by atoms with Crippen LogP contribution in [-0.2, 0) is 0 Å². The van der Waals surface area contributed by atoms with E-state index in [0.717, 1.165) is 77.3 Å². The zero-order chi connectivity index (χ0) is 31.9. The molecule has 3 heterocycles. The van der Waals surface area contributed by atoms with Crippen LogP contribution in [0.2, 0.25) is 0 Å². The highest BCUT2D eigenvalue weighted by Gasteiger charge is 2.20. The molecule has 0 spiro atoms. The molecule has 0 unspecified atom stereocenters. The molecule has 10 rings (SSSR count). The molecule has 0 aliphatic heterocycles. The smallest absolute Gasteiger partial charge is 0.178 e. The predicted molar refractivity (Wildman–Crippen MR) is 201 cm³/mol. The Morgan fingerprint density at radius 2 is 0.938 bits per heavy atom. The molecule has 0 saturated heterocycles. The van der Waals surface area contributed by atoms with E-state index in [1.54, 1.807) is 0 Å². The normalized spacial score (nSPS) is 12.3. The maximum atomic E-state index is 6.50. The lowest BCUT2D eigenvalue weighted by Crippen LogP contribution is -1.91. The van der Waals surface area contributed by atoms with E-state index >= 15 is 0 Å². The highest BCUT2D eigenvalue weighted by Crippen LogP contribution is 2.46. The zero-order valence-electron chi connectivity index (χ0n) is 26.2. The van der Waals surface area contributed by atoms with Gasteiger partial charge in [0.2, 0.25) is 0 Å². The van der Waals surface area contributed by atoms with Gasteiger partial charge in [0.05, 0.1) is 0 Å². The van der Waals surface area contributed by atoms with Crippen molar-refractivity contribution >= 4 is 88.5 Å². The van der Waals surface area contributed by atoms with E-state index in [4.69, 9.17) is 13.3 Å². The van der Waals surface area contributed by atoms with Crippen molar-refractivity contribution in [2.75, 3.05) is 0 Å². The van der Waals surface area contributed by atoms with Crippen molar-refractivity contribution in [1.82, 2.24) is 0 Å². The highest BCUT2D eigenvalue weighted by atomic mass is 16.4. The Labute approximate surface area is 275 Å². The Bertz CT molecular complexity index is 2920. The van der Waals surface area contributed by atoms with E-state index in [9.17, 15) is 0 Å². The molecule has 10 aromatic rings. The van der Waals surface area contributed by atoms with Gasteiger partial charge in [-0.05, 0) is 99.3 Å². The van der Waals surface area contributed by atoms with Crippen LogP contribution >= 0.6 is 0 Å². The number of allylic oxidation sites excluding steroid dienone is 1. The largest absolute Gasteiger partial charge is 0.456 e. The number of hydrogen-bond donors (Lipinski definition) is 0. The molecule has 0 radical (unpaired) electrons. The van der Waals surface area contributed by atoms with Gasteiger partial charge in [-0.2, -0.15) is 0 Å². The van der Waals surface area contributed by atoms with E-state index in [2.05, 4.69) is 110 Å². The number of para-hydroxylation sites is 1. The van der Waals surface area contributed by atoms with Crippen LogP contribution in [0.1, 0.15) is 18.2 Å². The fourth-order valence-corrected chi connectivity index (χ4v) is 7.70. The van der Waals surface area contributed by atoms with Crippen molar-refractivity contribution < 1.29 is 13.3 Å². The fraction of sp³-hybridized carbons (Fsp3) is 0.0222. The molecule has 0 amide bonds. The molecular formula is C45H28O3. The van der Waals surface area contributed by atoms with Crippen molar-refractivity contribution in [2.45, 2.75) is 6.92 Å². The Kier molecular flexibility index (Phi) is 5.64. The minimum absolute atomic E-state index is 0.784. The summed E-state index contributed by atoms with van der Waals surface area (Å²) in [6.07, 6.45) is 5.88. The molecule has 0 bridgehead atoms. The Hall–Kier alpha value is -6.32. The molecule has 0 aliphatic carbocycles. The third-order valence-corrected chi connectivity index (χ3v) is 9.77. The molecule has 226 valence electrons. The molecule has 0 N–H and O–H groups in total. The monoisotopic (exact) mass is 616 g/mol. The first-order valence-electron chi connectivity index (χ1n) is 16.2. The molecule has 0 fully saturated rings. The first-order valence-corrected chi connectivity index (χ1v) is 16.2. The second kappa shape index (κ2) is 10.1. The van der Waals surface area contributed by atoms with Gasteiger partial charge in [-0.15, -0.1) is 0 Å². The minimum Gasteiger partial charge on any atom is -0.456 e. The summed E-state index contributed by atoms with van der Waals surface area (Å²) in [6.45, 7) is 6.10. The maximum absolute atomic E-state index is 6.50. The summed E-state index contributed by atoms with van der Waals surface area (Å²) in [5.41, 5.74) is 9.85. The average Bonchev–Trinajstić information content (AvgIpc) is 3.81. The van der Waals surface area contributed by atoms with Gasteiger partial charge in [0.25, 0.3) is 0 Å². The lowest BCUT2D eigenvalue weighted by Gasteiger charge is -2.18. The summed E-state index contributed by atoms with van der Waals surface area (Å²) in [6, 6.07) is 43.0. The molecule has 0 saturated carbocycles. The van der Waals surface area contributed by atoms with Crippen LogP contribution in [0.4, 0.5) is 0 Å². The van der Waals surface area contributed by atoms with Gasteiger partial charge in [0.1, 0.15) is 22.5 Å². The summed E-state index contributed by atoms with van der Waals surface area (Å²) in [5, 5.41) is 10.1. The number of furan rings is 3. The van der Waals surface area contributed by atoms with Crippen LogP contribution in [-0.4, -0.2) is 0 Å². The Morgan fingerprint density at radius 3 is 1.50 bits per heavy atom. The first-order chi connectivity index (χ1) is 23.7. The molecule has 3 nitrogen and oxygen atoms in total. The second-order valence-electron chi connectivity index (χ2n) is 12.4. The van der Waals surface area contributed by atoms with Gasteiger partial charge in [-0.3, -0.25) is 0 Å². The van der Waals surface area contributed by atoms with Crippen LogP contribution in [0.5, 0.6) is 0 Å². The summed E-state index contributed by atoms with van der Waals surface area (Å²) >= 11 is 0. The first kappa shape index (κ1) is 26.9. The SMILES string of the molecule is C=Cc1c(/C=C\C)oc2ccc(-c3c4ccccc4c(-c4ccc5oc6c(ccc7c8ccccc8oc76)c5c4)c4ccccc34)cc12. The quantitative estimate of drug-likeness (QED) is 0.185. The van der Waals surface area contributed by atoms with Gasteiger partial charge in [0, 0.05) is 32.5 Å². The molecule has 7 aromatic carbocycles. The van der Waals surface area contributed by atoms with Crippen LogP contribution in [0.3, 0.4) is 0 Å². The van der Waals surface area contributed by atoms with Crippen molar-refractivity contribution in [3.8, 4) is 22.3 Å². The summed E-state index contributed by atoms with van der Waals surface area (Å²) < 4.78 is 19.0. The van der Waals surface area contributed by atoms with Gasteiger partial charge in [0.15, 0.2) is 11.2 Å². The van der Waals surface area contributed by atoms with Crippen LogP contribution in [0.15, 0.2) is 147 Å². The van der Waals surface area contributed by atoms with E-state index in [1.165, 1.54) is 32.7 Å². The van der Waals surface area contributed by atoms with Crippen molar-refractivity contribution in [3.05, 3.63) is 145 Å². The Morgan fingerprint density at radius 1 is 0.458 bits per heavy atom. The van der Waals surface area contributed by atoms with E-state index in [1.807, 2.05) is 43.4 Å². The predicted octanol–water partition coefficient (Wildman–Crippen LogP) is 13.5. The van der Waals surface area contributed by atoms with E-state index in [-0.39, 0.29) is 0 Å². The van der Waals surface area contributed by atoms with Gasteiger partial charge in [-0.1, -0.05) is 97.6 Å². The van der Waals surface area contributed by atoms with E-state index < -0.39 is 0 Å². The standard InChI is InChI=1S/C45H28O3/c1-3-11-38-28(4-2)36-24-26(18-22-40(36)46-38)42-30-13-5-7-15-32(30)43(33-16-8-6-14-31(33)42)27-19-23-41-37(25-27)35-21-20-34-29-12-9-10-17-39(29)47-44(34)45(35)48-41/h3-25H,2H2,1H3/b11-3-. The van der Waals surface area contributed by atoms with Crippen LogP contribution < -0.4 is 0 Å². The third-order valence-electron chi connectivity index (χ3n) is 9.77. The maximum Gasteiger partial charge on any atom is 0.178 e. The number of fused-ring (bicyclic) bond motifs is 10. The molecule has 0 atom stereocenters. The molecule has 48 heavy (non-hydrogen) atoms. The molecular weight excluding hydrogens is 588 g/mol. The average molecular weight is 617 g/mol. The number of rotatable bonds is 4. The molecule has 3 aromatic heterocycles. The number of benzene rings is 7. The van der Waals surface area contributed by atoms with Crippen LogP contribution in [0, 0.1) is 0 Å².